The number of nitrogens with zero attached hydrogens (tertiary/aromatic N) is 2. The van der Waals surface area contributed by atoms with Gasteiger partial charge in [-0.2, -0.15) is 0 Å². The molecule has 1 aliphatic carbocycles. The molecule has 2 aromatic heterocycles. The summed E-state index contributed by atoms with van der Waals surface area (Å²) in [5.41, 5.74) is 0.644. The van der Waals surface area contributed by atoms with Gasteiger partial charge < -0.3 is 9.64 Å². The summed E-state index contributed by atoms with van der Waals surface area (Å²) in [6.45, 7) is 1.31. The van der Waals surface area contributed by atoms with Gasteiger partial charge in [-0.25, -0.2) is 4.98 Å². The lowest BCUT2D eigenvalue weighted by molar-refractivity contribution is -0.146. The molecule has 0 atom stereocenters. The highest BCUT2D eigenvalue weighted by molar-refractivity contribution is 7.10. The molecule has 27 heavy (non-hydrogen) atoms. The van der Waals surface area contributed by atoms with E-state index in [1.54, 1.807) is 11.3 Å². The maximum atomic E-state index is 13.3. The summed E-state index contributed by atoms with van der Waals surface area (Å²) in [4.78, 5) is 21.1. The number of para-hydroxylation sites is 1. The average Bonchev–Trinajstić information content (AvgIpc) is 3.35. The zero-order valence-electron chi connectivity index (χ0n) is 15.1. The Hall–Kier alpha value is -2.40. The molecule has 0 unspecified atom stereocenters. The van der Waals surface area contributed by atoms with Crippen molar-refractivity contribution in [2.75, 3.05) is 13.1 Å². The molecule has 138 valence electrons. The Balaban J connectivity index is 1.26. The summed E-state index contributed by atoms with van der Waals surface area (Å²) in [7, 11) is 0. The van der Waals surface area contributed by atoms with Crippen molar-refractivity contribution in [2.45, 2.75) is 37.2 Å². The van der Waals surface area contributed by atoms with Crippen molar-refractivity contribution in [1.82, 2.24) is 9.88 Å². The van der Waals surface area contributed by atoms with E-state index in [1.807, 2.05) is 41.3 Å². The van der Waals surface area contributed by atoms with Crippen molar-refractivity contribution in [3.8, 4) is 5.88 Å². The Bertz CT molecular complexity index is 957. The van der Waals surface area contributed by atoms with Gasteiger partial charge >= 0.3 is 0 Å². The van der Waals surface area contributed by atoms with Gasteiger partial charge in [0.15, 0.2) is 0 Å². The van der Waals surface area contributed by atoms with Crippen LogP contribution in [-0.4, -0.2) is 35.0 Å². The predicted molar refractivity (Wildman–Crippen MR) is 107 cm³/mol. The van der Waals surface area contributed by atoms with Gasteiger partial charge in [0.05, 0.1) is 24.0 Å². The van der Waals surface area contributed by atoms with E-state index in [9.17, 15) is 4.79 Å². The molecule has 2 aliphatic rings. The number of hydrogen-bond donors (Lipinski definition) is 0. The second-order valence-electron chi connectivity index (χ2n) is 7.56. The number of hydrogen-bond acceptors (Lipinski definition) is 4. The first-order valence-electron chi connectivity index (χ1n) is 9.60. The van der Waals surface area contributed by atoms with Crippen LogP contribution in [0.3, 0.4) is 0 Å². The summed E-state index contributed by atoms with van der Waals surface area (Å²) in [6, 6.07) is 16.1. The summed E-state index contributed by atoms with van der Waals surface area (Å²) < 4.78 is 6.02. The minimum atomic E-state index is -0.291. The summed E-state index contributed by atoms with van der Waals surface area (Å²) in [5.74, 6) is 0.924. The standard InChI is InChI=1S/C22H22N2O2S/c25-21(22(11-3-4-12-22)19-8-5-13-27-19)24-14-17(15-24)26-20-10-9-16-6-1-2-7-18(16)23-20/h1-2,5-10,13,17H,3-4,11-12,14-15H2. The van der Waals surface area contributed by atoms with Crippen molar-refractivity contribution in [1.29, 1.82) is 0 Å². The number of fused-ring (bicyclic) bond motifs is 1. The molecule has 3 aromatic rings. The van der Waals surface area contributed by atoms with Crippen LogP contribution in [0.15, 0.2) is 53.9 Å². The van der Waals surface area contributed by atoms with Crippen LogP contribution in [0.25, 0.3) is 10.9 Å². The molecule has 5 heteroatoms. The molecule has 1 saturated carbocycles. The third-order valence-corrected chi connectivity index (χ3v) is 6.93. The van der Waals surface area contributed by atoms with E-state index in [1.165, 1.54) is 4.88 Å². The molecule has 1 saturated heterocycles. The first-order valence-corrected chi connectivity index (χ1v) is 10.5. The lowest BCUT2D eigenvalue weighted by Crippen LogP contribution is -2.60. The van der Waals surface area contributed by atoms with Crippen LogP contribution in [0.1, 0.15) is 30.6 Å². The first-order chi connectivity index (χ1) is 13.2. The van der Waals surface area contributed by atoms with Gasteiger partial charge in [-0.05, 0) is 36.4 Å². The quantitative estimate of drug-likeness (QED) is 0.676. The van der Waals surface area contributed by atoms with Crippen LogP contribution in [0.5, 0.6) is 5.88 Å². The molecule has 1 aromatic carbocycles. The molecule has 5 rings (SSSR count). The van der Waals surface area contributed by atoms with Crippen LogP contribution in [0, 0.1) is 0 Å². The van der Waals surface area contributed by atoms with Crippen molar-refractivity contribution < 1.29 is 9.53 Å². The van der Waals surface area contributed by atoms with Gasteiger partial charge in [0.1, 0.15) is 6.10 Å². The molecule has 1 amide bonds. The molecular formula is C22H22N2O2S. The van der Waals surface area contributed by atoms with Gasteiger partial charge in [0.25, 0.3) is 0 Å². The number of benzene rings is 1. The highest BCUT2D eigenvalue weighted by Gasteiger charge is 2.48. The Morgan fingerprint density at radius 2 is 1.89 bits per heavy atom. The fourth-order valence-electron chi connectivity index (χ4n) is 4.36. The summed E-state index contributed by atoms with van der Waals surface area (Å²) >= 11 is 1.72. The van der Waals surface area contributed by atoms with Gasteiger partial charge in [-0.15, -0.1) is 11.3 Å². The smallest absolute Gasteiger partial charge is 0.234 e. The van der Waals surface area contributed by atoms with Crippen LogP contribution in [0.2, 0.25) is 0 Å². The molecule has 0 spiro atoms. The van der Waals surface area contributed by atoms with Gasteiger partial charge in [-0.1, -0.05) is 37.1 Å². The molecule has 3 heterocycles. The van der Waals surface area contributed by atoms with E-state index in [4.69, 9.17) is 4.74 Å². The lowest BCUT2D eigenvalue weighted by atomic mass is 9.82. The Labute approximate surface area is 162 Å². The van der Waals surface area contributed by atoms with Crippen LogP contribution in [0.4, 0.5) is 0 Å². The molecule has 0 bridgehead atoms. The third-order valence-electron chi connectivity index (χ3n) is 5.85. The van der Waals surface area contributed by atoms with Gasteiger partial charge in [0, 0.05) is 16.3 Å². The van der Waals surface area contributed by atoms with Crippen LogP contribution in [-0.2, 0) is 10.2 Å². The van der Waals surface area contributed by atoms with Crippen molar-refractivity contribution >= 4 is 28.1 Å². The normalized spacial score (nSPS) is 19.2. The maximum absolute atomic E-state index is 13.3. The fraction of sp³-hybridized carbons (Fsp3) is 0.364. The number of likely N-dealkylation sites (tertiary alicyclic amines) is 1. The van der Waals surface area contributed by atoms with Crippen molar-refractivity contribution in [3.63, 3.8) is 0 Å². The molecule has 0 N–H and O–H groups in total. The van der Waals surface area contributed by atoms with Gasteiger partial charge in [0.2, 0.25) is 11.8 Å². The number of carbonyl (C=O) groups is 1. The number of aromatic nitrogens is 1. The molecule has 4 nitrogen and oxygen atoms in total. The van der Waals surface area contributed by atoms with Crippen molar-refractivity contribution in [3.05, 3.63) is 58.8 Å². The van der Waals surface area contributed by atoms with E-state index < -0.39 is 0 Å². The van der Waals surface area contributed by atoms with Crippen molar-refractivity contribution in [2.24, 2.45) is 0 Å². The SMILES string of the molecule is O=C(N1CC(Oc2ccc3ccccc3n2)C1)C1(c2cccs2)CCCC1. The highest BCUT2D eigenvalue weighted by Crippen LogP contribution is 2.45. The number of carbonyl (C=O) groups excluding carboxylic acids is 1. The molecule has 1 aliphatic heterocycles. The van der Waals surface area contributed by atoms with E-state index in [2.05, 4.69) is 22.5 Å². The number of amides is 1. The monoisotopic (exact) mass is 378 g/mol. The first kappa shape index (κ1) is 16.8. The number of rotatable bonds is 4. The second-order valence-corrected chi connectivity index (χ2v) is 8.51. The Kier molecular flexibility index (Phi) is 4.12. The molecule has 0 radical (unpaired) electrons. The van der Waals surface area contributed by atoms with Crippen LogP contribution >= 0.6 is 11.3 Å². The van der Waals surface area contributed by atoms with E-state index in [0.29, 0.717) is 19.0 Å². The minimum absolute atomic E-state index is 0.0319. The Morgan fingerprint density at radius 3 is 2.67 bits per heavy atom. The maximum Gasteiger partial charge on any atom is 0.234 e. The fourth-order valence-corrected chi connectivity index (χ4v) is 5.34. The van der Waals surface area contributed by atoms with E-state index >= 15 is 0 Å². The predicted octanol–water partition coefficient (Wildman–Crippen LogP) is 4.40. The van der Waals surface area contributed by atoms with Gasteiger partial charge in [-0.3, -0.25) is 4.79 Å². The third kappa shape index (κ3) is 2.90. The zero-order chi connectivity index (χ0) is 18.3. The van der Waals surface area contributed by atoms with Crippen LogP contribution < -0.4 is 4.74 Å². The second kappa shape index (κ2) is 6.64. The minimum Gasteiger partial charge on any atom is -0.471 e. The topological polar surface area (TPSA) is 42.4 Å². The van der Waals surface area contributed by atoms with E-state index in [-0.39, 0.29) is 17.4 Å². The highest BCUT2D eigenvalue weighted by atomic mass is 32.1. The Morgan fingerprint density at radius 1 is 1.07 bits per heavy atom. The number of ether oxygens (including phenoxy) is 1. The summed E-state index contributed by atoms with van der Waals surface area (Å²) in [6.07, 6.45) is 4.25. The molecule has 2 fully saturated rings. The zero-order valence-corrected chi connectivity index (χ0v) is 16.0. The van der Waals surface area contributed by atoms with E-state index in [0.717, 1.165) is 36.6 Å². The summed E-state index contributed by atoms with van der Waals surface area (Å²) in [5, 5.41) is 3.19. The number of pyridine rings is 1. The number of thiophene rings is 1. The lowest BCUT2D eigenvalue weighted by Gasteiger charge is -2.43. The molecular weight excluding hydrogens is 356 g/mol. The largest absolute Gasteiger partial charge is 0.471 e. The average molecular weight is 378 g/mol.